The van der Waals surface area contributed by atoms with Crippen molar-refractivity contribution < 1.29 is 35.4 Å². The Morgan fingerprint density at radius 2 is 1.18 bits per heavy atom. The predicted octanol–water partition coefficient (Wildman–Crippen LogP) is 8.33. The Morgan fingerprint density at radius 3 is 1.73 bits per heavy atom. The Labute approximate surface area is 218 Å². The molecule has 0 unspecified atom stereocenters. The second-order valence-corrected chi connectivity index (χ2v) is 10.6. The van der Waals surface area contributed by atoms with Crippen molar-refractivity contribution in [3.8, 4) is 0 Å². The quantitative estimate of drug-likeness (QED) is 0.110. The van der Waals surface area contributed by atoms with Gasteiger partial charge in [0.2, 0.25) is 0 Å². The number of unbranched alkanes of at least 4 members (excludes halogenated alkanes) is 12. The Hall–Kier alpha value is -0.650. The van der Waals surface area contributed by atoms with Gasteiger partial charge in [-0.2, -0.15) is 0 Å². The van der Waals surface area contributed by atoms with E-state index in [4.69, 9.17) is 0 Å². The zero-order chi connectivity index (χ0) is 23.2. The summed E-state index contributed by atoms with van der Waals surface area (Å²) in [4.78, 5) is 0.0412. The van der Waals surface area contributed by atoms with Crippen molar-refractivity contribution in [3.63, 3.8) is 0 Å². The van der Waals surface area contributed by atoms with Gasteiger partial charge in [0.05, 0.1) is 4.90 Å². The third-order valence-corrected chi connectivity index (χ3v) is 7.49. The van der Waals surface area contributed by atoms with Crippen LogP contribution >= 0.6 is 0 Å². The summed E-state index contributed by atoms with van der Waals surface area (Å²) < 4.78 is 37.0. The molecule has 2 rings (SSSR count). The first-order valence-electron chi connectivity index (χ1n) is 13.0. The van der Waals surface area contributed by atoms with Gasteiger partial charge in [0.25, 0.3) is 0 Å². The molecule has 33 heavy (non-hydrogen) atoms. The largest absolute Gasteiger partial charge is 1.00 e. The van der Waals surface area contributed by atoms with Gasteiger partial charge in [-0.25, -0.2) is 8.42 Å². The van der Waals surface area contributed by atoms with Crippen LogP contribution < -0.4 is 0 Å². The summed E-state index contributed by atoms with van der Waals surface area (Å²) in [6.07, 6.45) is 18.4. The molecule has 2 aromatic carbocycles. The van der Waals surface area contributed by atoms with Crippen LogP contribution in [-0.4, -0.2) is 13.0 Å². The first kappa shape index (κ1) is 30.4. The van der Waals surface area contributed by atoms with Crippen LogP contribution in [0.25, 0.3) is 10.8 Å². The summed E-state index contributed by atoms with van der Waals surface area (Å²) in [5.41, 5.74) is 1.86. The molecule has 5 heteroatoms. The predicted molar refractivity (Wildman–Crippen MR) is 135 cm³/mol. The van der Waals surface area contributed by atoms with E-state index in [9.17, 15) is 13.0 Å². The second kappa shape index (κ2) is 16.9. The molecule has 0 bridgehead atoms. The molecule has 2 aromatic rings. The van der Waals surface area contributed by atoms with E-state index in [1.165, 1.54) is 64.2 Å². The van der Waals surface area contributed by atoms with Crippen LogP contribution in [0.2, 0.25) is 0 Å². The molecule has 0 atom stereocenters. The molecular weight excluding hydrogens is 524 g/mol. The van der Waals surface area contributed by atoms with Crippen LogP contribution in [0.4, 0.5) is 0 Å². The Morgan fingerprint density at radius 1 is 0.697 bits per heavy atom. The van der Waals surface area contributed by atoms with Crippen molar-refractivity contribution in [1.82, 2.24) is 0 Å². The summed E-state index contributed by atoms with van der Waals surface area (Å²) in [7, 11) is -4.53. The van der Waals surface area contributed by atoms with Crippen molar-refractivity contribution in [2.45, 2.75) is 121 Å². The number of aryl methyl sites for hydroxylation is 1. The fraction of sp³-hybridized carbons (Fsp3) is 0.643. The van der Waals surface area contributed by atoms with E-state index in [2.05, 4.69) is 19.9 Å². The van der Waals surface area contributed by atoms with Crippen LogP contribution in [-0.2, 0) is 45.3 Å². The second-order valence-electron chi connectivity index (χ2n) is 9.26. The molecule has 0 radical (unpaired) electrons. The van der Waals surface area contributed by atoms with Crippen LogP contribution in [0.5, 0.6) is 0 Å². The molecule has 3 nitrogen and oxygen atoms in total. The fourth-order valence-corrected chi connectivity index (χ4v) is 5.72. The minimum Gasteiger partial charge on any atom is -0.744 e. The van der Waals surface area contributed by atoms with Crippen LogP contribution in [0, 0.1) is 0 Å². The molecule has 0 aliphatic rings. The smallest absolute Gasteiger partial charge is 0.744 e. The molecule has 0 amide bonds. The topological polar surface area (TPSA) is 57.2 Å². The molecule has 0 saturated heterocycles. The molecular formula is C28H43AgO3S. The maximum absolute atomic E-state index is 12.3. The van der Waals surface area contributed by atoms with Gasteiger partial charge < -0.3 is 4.55 Å². The van der Waals surface area contributed by atoms with Crippen LogP contribution in [0.3, 0.4) is 0 Å². The fourth-order valence-electron chi connectivity index (χ4n) is 4.73. The average molecular weight is 568 g/mol. The van der Waals surface area contributed by atoms with E-state index in [1.807, 2.05) is 18.2 Å². The van der Waals surface area contributed by atoms with Gasteiger partial charge >= 0.3 is 22.4 Å². The minimum atomic E-state index is -4.53. The zero-order valence-electron chi connectivity index (χ0n) is 20.6. The van der Waals surface area contributed by atoms with E-state index in [1.54, 1.807) is 6.07 Å². The van der Waals surface area contributed by atoms with Crippen molar-refractivity contribution in [1.29, 1.82) is 0 Å². The molecule has 0 aliphatic heterocycles. The molecule has 0 fully saturated rings. The zero-order valence-corrected chi connectivity index (χ0v) is 22.9. The monoisotopic (exact) mass is 566 g/mol. The van der Waals surface area contributed by atoms with Crippen LogP contribution in [0.1, 0.15) is 115 Å². The summed E-state index contributed by atoms with van der Waals surface area (Å²) >= 11 is 0. The third kappa shape index (κ3) is 10.7. The number of hydrogen-bond acceptors (Lipinski definition) is 3. The first-order chi connectivity index (χ1) is 15.5. The summed E-state index contributed by atoms with van der Waals surface area (Å²) in [5, 5.41) is 1.45. The normalized spacial score (nSPS) is 11.6. The SMILES string of the molecule is CCCCCCCCCc1cc2ccccc2c(S(=O)(=O)[O-])c1CCCCCCCCC.[Ag+]. The maximum Gasteiger partial charge on any atom is 1.00 e. The molecule has 0 heterocycles. The first-order valence-corrected chi connectivity index (χ1v) is 14.4. The number of hydrogen-bond donors (Lipinski definition) is 0. The van der Waals surface area contributed by atoms with Gasteiger partial charge in [0.15, 0.2) is 0 Å². The van der Waals surface area contributed by atoms with Gasteiger partial charge in [-0.1, -0.05) is 121 Å². The minimum absolute atomic E-state index is 0. The Bertz CT molecular complexity index is 909. The molecule has 0 spiro atoms. The van der Waals surface area contributed by atoms with Gasteiger partial charge in [-0.05, 0) is 47.6 Å². The van der Waals surface area contributed by atoms with E-state index in [0.717, 1.165) is 48.6 Å². The van der Waals surface area contributed by atoms with Crippen molar-refractivity contribution in [3.05, 3.63) is 41.5 Å². The van der Waals surface area contributed by atoms with E-state index < -0.39 is 10.1 Å². The number of rotatable bonds is 17. The van der Waals surface area contributed by atoms with Crippen molar-refractivity contribution in [2.24, 2.45) is 0 Å². The maximum atomic E-state index is 12.3. The Kier molecular flexibility index (Phi) is 15.5. The molecule has 0 aromatic heterocycles. The van der Waals surface area contributed by atoms with Gasteiger partial charge in [0, 0.05) is 0 Å². The van der Waals surface area contributed by atoms with Crippen molar-refractivity contribution >= 4 is 20.9 Å². The summed E-state index contributed by atoms with van der Waals surface area (Å²) in [6.45, 7) is 4.45. The molecule has 0 N–H and O–H groups in total. The number of benzene rings is 2. The van der Waals surface area contributed by atoms with Gasteiger partial charge in [-0.3, -0.25) is 0 Å². The van der Waals surface area contributed by atoms with E-state index in [-0.39, 0.29) is 27.3 Å². The third-order valence-electron chi connectivity index (χ3n) is 6.53. The molecule has 190 valence electrons. The Balaban J connectivity index is 0.00000544. The molecule has 0 aliphatic carbocycles. The van der Waals surface area contributed by atoms with Gasteiger partial charge in [0.1, 0.15) is 10.1 Å². The molecule has 0 saturated carbocycles. The standard InChI is InChI=1S/C28H44O3S.Ag/c1-3-5-7-9-11-13-15-19-24-23-25-20-17-18-22-27(25)28(32(29,30)31)26(24)21-16-14-12-10-8-6-4-2;/h17-18,20,22-23H,3-16,19,21H2,1-2H3,(H,29,30,31);/q;+1/p-1. The van der Waals surface area contributed by atoms with Crippen molar-refractivity contribution in [2.75, 3.05) is 0 Å². The van der Waals surface area contributed by atoms with E-state index >= 15 is 0 Å². The van der Waals surface area contributed by atoms with E-state index in [0.29, 0.717) is 11.8 Å². The van der Waals surface area contributed by atoms with Crippen LogP contribution in [0.15, 0.2) is 35.2 Å². The summed E-state index contributed by atoms with van der Waals surface area (Å²) in [6, 6.07) is 9.58. The average Bonchev–Trinajstić information content (AvgIpc) is 2.76. The summed E-state index contributed by atoms with van der Waals surface area (Å²) in [5.74, 6) is 0. The number of fused-ring (bicyclic) bond motifs is 1. The van der Waals surface area contributed by atoms with Gasteiger partial charge in [-0.15, -0.1) is 0 Å².